The van der Waals surface area contributed by atoms with Gasteiger partial charge >= 0.3 is 6.09 Å². The summed E-state index contributed by atoms with van der Waals surface area (Å²) in [6.07, 6.45) is 1.97. The first-order valence-corrected chi connectivity index (χ1v) is 14.0. The first-order chi connectivity index (χ1) is 18.3. The number of benzene rings is 2. The zero-order valence-electron chi connectivity index (χ0n) is 25.0. The number of ether oxygens (including phenoxy) is 1. The van der Waals surface area contributed by atoms with E-state index >= 15 is 0 Å². The molecule has 39 heavy (non-hydrogen) atoms. The zero-order chi connectivity index (χ0) is 29.2. The third kappa shape index (κ3) is 9.41. The molecule has 0 heterocycles. The summed E-state index contributed by atoms with van der Waals surface area (Å²) >= 11 is 0. The lowest BCUT2D eigenvalue weighted by Crippen LogP contribution is -2.60. The Hall–Kier alpha value is -3.35. The average molecular weight is 538 g/mol. The van der Waals surface area contributed by atoms with Crippen molar-refractivity contribution in [2.75, 3.05) is 6.54 Å². The molecule has 2 unspecified atom stereocenters. The van der Waals surface area contributed by atoms with Crippen LogP contribution in [0.2, 0.25) is 0 Å². The van der Waals surface area contributed by atoms with Gasteiger partial charge in [0.25, 0.3) is 0 Å². The molecule has 2 N–H and O–H groups in total. The van der Waals surface area contributed by atoms with Crippen LogP contribution in [-0.2, 0) is 20.7 Å². The quantitative estimate of drug-likeness (QED) is 0.320. The molecule has 0 aliphatic heterocycles. The SMILES string of the molecule is CCCCNC(=O)C(c1ccccc1C)N(C(=O)C(Cc1ccccc1)NC(=O)OC(C)(C)C)C(C)(C)CC. The molecule has 2 atom stereocenters. The highest BCUT2D eigenvalue weighted by Gasteiger charge is 2.43. The minimum atomic E-state index is -0.942. The molecule has 7 heteroatoms. The Morgan fingerprint density at radius 2 is 1.54 bits per heavy atom. The molecule has 214 valence electrons. The first-order valence-electron chi connectivity index (χ1n) is 14.0. The number of rotatable bonds is 12. The second-order valence-electron chi connectivity index (χ2n) is 11.7. The van der Waals surface area contributed by atoms with Gasteiger partial charge in [0.1, 0.15) is 17.7 Å². The van der Waals surface area contributed by atoms with Gasteiger partial charge in [-0.1, -0.05) is 74.9 Å². The van der Waals surface area contributed by atoms with Crippen LogP contribution in [0.15, 0.2) is 54.6 Å². The molecule has 0 aromatic heterocycles. The molecule has 0 bridgehead atoms. The lowest BCUT2D eigenvalue weighted by molar-refractivity contribution is -0.149. The standard InChI is InChI=1S/C32H47N3O4/c1-9-11-21-33-28(36)27(25-20-16-15-17-23(25)3)35(32(7,8)10-2)29(37)26(22-24-18-13-12-14-19-24)34-30(38)39-31(4,5)6/h12-20,26-27H,9-11,21-22H2,1-8H3,(H,33,36)(H,34,38). The van der Waals surface area contributed by atoms with Crippen LogP contribution < -0.4 is 10.6 Å². The average Bonchev–Trinajstić information content (AvgIpc) is 2.86. The van der Waals surface area contributed by atoms with Crippen LogP contribution in [0.25, 0.3) is 0 Å². The second-order valence-corrected chi connectivity index (χ2v) is 11.7. The third-order valence-corrected chi connectivity index (χ3v) is 6.85. The van der Waals surface area contributed by atoms with Crippen molar-refractivity contribution in [2.45, 2.75) is 104 Å². The first kappa shape index (κ1) is 31.9. The Labute approximate surface area is 234 Å². The molecule has 0 saturated heterocycles. The number of amides is 3. The Morgan fingerprint density at radius 1 is 0.923 bits per heavy atom. The van der Waals surface area contributed by atoms with Gasteiger partial charge in [0.15, 0.2) is 0 Å². The maximum atomic E-state index is 14.6. The maximum Gasteiger partial charge on any atom is 0.408 e. The van der Waals surface area contributed by atoms with E-state index in [1.807, 2.05) is 82.3 Å². The van der Waals surface area contributed by atoms with Crippen molar-refractivity contribution in [3.8, 4) is 0 Å². The number of nitrogens with one attached hydrogen (secondary N) is 2. The number of hydrogen-bond donors (Lipinski definition) is 2. The molecule has 2 aromatic rings. The van der Waals surface area contributed by atoms with Crippen LogP contribution in [0.3, 0.4) is 0 Å². The van der Waals surface area contributed by atoms with E-state index in [2.05, 4.69) is 17.6 Å². The van der Waals surface area contributed by atoms with E-state index in [4.69, 9.17) is 4.74 Å². The van der Waals surface area contributed by atoms with Crippen LogP contribution in [-0.4, -0.2) is 46.5 Å². The van der Waals surface area contributed by atoms with Crippen molar-refractivity contribution in [3.05, 3.63) is 71.3 Å². The second kappa shape index (κ2) is 14.2. The van der Waals surface area contributed by atoms with Crippen LogP contribution in [0.4, 0.5) is 4.79 Å². The van der Waals surface area contributed by atoms with Gasteiger partial charge in [-0.25, -0.2) is 4.79 Å². The normalized spacial score (nSPS) is 13.2. The van der Waals surface area contributed by atoms with Crippen LogP contribution in [0.1, 0.15) is 90.5 Å². The molecule has 0 saturated carbocycles. The molecule has 7 nitrogen and oxygen atoms in total. The number of hydrogen-bond acceptors (Lipinski definition) is 4. The van der Waals surface area contributed by atoms with Crippen molar-refractivity contribution < 1.29 is 19.1 Å². The van der Waals surface area contributed by atoms with Crippen LogP contribution >= 0.6 is 0 Å². The van der Waals surface area contributed by atoms with Gasteiger partial charge in [-0.15, -0.1) is 0 Å². The monoisotopic (exact) mass is 537 g/mol. The minimum absolute atomic E-state index is 0.233. The van der Waals surface area contributed by atoms with Crippen molar-refractivity contribution >= 4 is 17.9 Å². The zero-order valence-corrected chi connectivity index (χ0v) is 25.0. The minimum Gasteiger partial charge on any atom is -0.444 e. The topological polar surface area (TPSA) is 87.7 Å². The summed E-state index contributed by atoms with van der Waals surface area (Å²) in [5.74, 6) is -0.571. The molecule has 0 spiro atoms. The smallest absolute Gasteiger partial charge is 0.408 e. The molecule has 0 radical (unpaired) electrons. The molecule has 0 aliphatic rings. The fraction of sp³-hybridized carbons (Fsp3) is 0.531. The van der Waals surface area contributed by atoms with Gasteiger partial charge in [-0.3, -0.25) is 9.59 Å². The molecular weight excluding hydrogens is 490 g/mol. The Balaban J connectivity index is 2.63. The largest absolute Gasteiger partial charge is 0.444 e. The number of aryl methyl sites for hydroxylation is 1. The summed E-state index contributed by atoms with van der Waals surface area (Å²) in [4.78, 5) is 43.0. The van der Waals surface area contributed by atoms with Crippen molar-refractivity contribution in [1.29, 1.82) is 0 Å². The molecule has 2 rings (SSSR count). The third-order valence-electron chi connectivity index (χ3n) is 6.85. The number of alkyl carbamates (subject to hydrolysis) is 1. The Kier molecular flexibility index (Phi) is 11.6. The predicted octanol–water partition coefficient (Wildman–Crippen LogP) is 6.11. The molecule has 0 aliphatic carbocycles. The van der Waals surface area contributed by atoms with E-state index < -0.39 is 29.3 Å². The van der Waals surface area contributed by atoms with E-state index in [0.29, 0.717) is 13.0 Å². The lowest BCUT2D eigenvalue weighted by atomic mass is 9.89. The molecular formula is C32H47N3O4. The van der Waals surface area contributed by atoms with E-state index in [0.717, 1.165) is 29.5 Å². The Morgan fingerprint density at radius 3 is 2.10 bits per heavy atom. The van der Waals surface area contributed by atoms with E-state index in [-0.39, 0.29) is 18.2 Å². The van der Waals surface area contributed by atoms with Crippen LogP contribution in [0, 0.1) is 6.92 Å². The summed E-state index contributed by atoms with van der Waals surface area (Å²) in [7, 11) is 0. The fourth-order valence-electron chi connectivity index (χ4n) is 4.39. The van der Waals surface area contributed by atoms with Gasteiger partial charge in [0, 0.05) is 18.5 Å². The highest BCUT2D eigenvalue weighted by atomic mass is 16.6. The summed E-state index contributed by atoms with van der Waals surface area (Å²) in [5.41, 5.74) is 1.14. The number of unbranched alkanes of at least 4 members (excludes halogenated alkanes) is 1. The van der Waals surface area contributed by atoms with E-state index in [9.17, 15) is 14.4 Å². The summed E-state index contributed by atoms with van der Waals surface area (Å²) in [6, 6.07) is 15.4. The highest BCUT2D eigenvalue weighted by molar-refractivity contribution is 5.93. The summed E-state index contributed by atoms with van der Waals surface area (Å²) in [5, 5.41) is 5.88. The highest BCUT2D eigenvalue weighted by Crippen LogP contribution is 2.34. The maximum absolute atomic E-state index is 14.6. The fourth-order valence-corrected chi connectivity index (χ4v) is 4.39. The van der Waals surface area contributed by atoms with Gasteiger partial charge in [-0.05, 0) is 71.1 Å². The van der Waals surface area contributed by atoms with Gasteiger partial charge in [-0.2, -0.15) is 0 Å². The molecule has 3 amide bonds. The molecule has 0 fully saturated rings. The Bertz CT molecular complexity index is 1090. The summed E-state index contributed by atoms with van der Waals surface area (Å²) < 4.78 is 5.52. The van der Waals surface area contributed by atoms with Crippen molar-refractivity contribution in [3.63, 3.8) is 0 Å². The number of nitrogens with zero attached hydrogens (tertiary/aromatic N) is 1. The lowest BCUT2D eigenvalue weighted by Gasteiger charge is -2.45. The number of carbonyl (C=O) groups is 3. The van der Waals surface area contributed by atoms with E-state index in [1.165, 1.54) is 0 Å². The van der Waals surface area contributed by atoms with Gasteiger partial charge in [0.05, 0.1) is 0 Å². The van der Waals surface area contributed by atoms with Crippen LogP contribution in [0.5, 0.6) is 0 Å². The molecule has 2 aromatic carbocycles. The van der Waals surface area contributed by atoms with E-state index in [1.54, 1.807) is 25.7 Å². The van der Waals surface area contributed by atoms with Crippen molar-refractivity contribution in [1.82, 2.24) is 15.5 Å². The van der Waals surface area contributed by atoms with Gasteiger partial charge in [0.2, 0.25) is 11.8 Å². The van der Waals surface area contributed by atoms with Crippen molar-refractivity contribution in [2.24, 2.45) is 0 Å². The number of carbonyl (C=O) groups excluding carboxylic acids is 3. The van der Waals surface area contributed by atoms with Gasteiger partial charge < -0.3 is 20.3 Å². The summed E-state index contributed by atoms with van der Waals surface area (Å²) in [6.45, 7) is 15.8. The predicted molar refractivity (Wildman–Crippen MR) is 156 cm³/mol.